The van der Waals surface area contributed by atoms with Crippen molar-refractivity contribution in [2.24, 2.45) is 4.99 Å². The van der Waals surface area contributed by atoms with E-state index in [0.717, 1.165) is 0 Å². The maximum absolute atomic E-state index is 12.4. The summed E-state index contributed by atoms with van der Waals surface area (Å²) in [6.45, 7) is 3.30. The molecular weight excluding hydrogens is 355 g/mol. The molecule has 0 heterocycles. The van der Waals surface area contributed by atoms with E-state index in [0.29, 0.717) is 18.8 Å². The highest BCUT2D eigenvalue weighted by molar-refractivity contribution is 5.85. The average Bonchev–Trinajstić information content (AvgIpc) is 2.58. The predicted molar refractivity (Wildman–Crippen MR) is 90.0 cm³/mol. The van der Waals surface area contributed by atoms with E-state index in [1.807, 2.05) is 13.8 Å². The van der Waals surface area contributed by atoms with Gasteiger partial charge in [-0.2, -0.15) is 13.2 Å². The summed E-state index contributed by atoms with van der Waals surface area (Å²) in [4.78, 5) is 4.22. The summed E-state index contributed by atoms with van der Waals surface area (Å²) in [5, 5.41) is 0. The van der Waals surface area contributed by atoms with Crippen molar-refractivity contribution >= 4 is 6.21 Å². The van der Waals surface area contributed by atoms with Gasteiger partial charge in [0.05, 0.1) is 6.54 Å². The number of aliphatic imine (C=N–C) groups is 1. The molecule has 0 radical (unpaired) electrons. The number of rotatable bonds is 12. The minimum atomic E-state index is -4.45. The van der Waals surface area contributed by atoms with Crippen molar-refractivity contribution in [3.8, 4) is 11.5 Å². The van der Waals surface area contributed by atoms with Gasteiger partial charge in [-0.3, -0.25) is 4.99 Å². The lowest BCUT2D eigenvalue weighted by molar-refractivity contribution is -0.153. The summed E-state index contributed by atoms with van der Waals surface area (Å²) in [7, 11) is 1.40. The number of para-hydroxylation sites is 1. The van der Waals surface area contributed by atoms with E-state index in [1.54, 1.807) is 12.1 Å². The molecule has 0 aromatic heterocycles. The number of nitrogens with zero attached hydrogens (tertiary/aromatic N) is 1. The fraction of sp³-hybridized carbons (Fsp3) is 0.588. The molecule has 26 heavy (non-hydrogen) atoms. The van der Waals surface area contributed by atoms with E-state index in [-0.39, 0.29) is 24.8 Å². The minimum absolute atomic E-state index is 0.0468. The van der Waals surface area contributed by atoms with Gasteiger partial charge in [0, 0.05) is 32.1 Å². The highest BCUT2D eigenvalue weighted by atomic mass is 19.4. The third-order valence-electron chi connectivity index (χ3n) is 2.91. The van der Waals surface area contributed by atoms with Crippen molar-refractivity contribution in [3.63, 3.8) is 0 Å². The smallest absolute Gasteiger partial charge is 0.422 e. The summed E-state index contributed by atoms with van der Waals surface area (Å²) in [6.07, 6.45) is -3.48. The van der Waals surface area contributed by atoms with Crippen molar-refractivity contribution in [2.75, 3.05) is 40.3 Å². The predicted octanol–water partition coefficient (Wildman–Crippen LogP) is 3.43. The van der Waals surface area contributed by atoms with Crippen LogP contribution in [0.5, 0.6) is 11.5 Å². The van der Waals surface area contributed by atoms with Gasteiger partial charge >= 0.3 is 6.18 Å². The van der Waals surface area contributed by atoms with Gasteiger partial charge in [-0.1, -0.05) is 6.07 Å². The van der Waals surface area contributed by atoms with Crippen LogP contribution >= 0.6 is 0 Å². The molecule has 0 aliphatic carbocycles. The molecule has 0 spiro atoms. The monoisotopic (exact) mass is 379 g/mol. The van der Waals surface area contributed by atoms with E-state index in [9.17, 15) is 13.2 Å². The maximum atomic E-state index is 12.4. The van der Waals surface area contributed by atoms with Gasteiger partial charge in [-0.25, -0.2) is 0 Å². The molecule has 1 aromatic rings. The van der Waals surface area contributed by atoms with Crippen molar-refractivity contribution < 1.29 is 36.9 Å². The molecule has 0 saturated carbocycles. The molecule has 0 fully saturated rings. The van der Waals surface area contributed by atoms with E-state index >= 15 is 0 Å². The summed E-state index contributed by atoms with van der Waals surface area (Å²) in [6, 6.07) is 4.58. The largest absolute Gasteiger partial charge is 0.480 e. The molecule has 0 aliphatic rings. The maximum Gasteiger partial charge on any atom is 0.422 e. The summed E-state index contributed by atoms with van der Waals surface area (Å²) in [5.41, 5.74) is 0.452. The van der Waals surface area contributed by atoms with Gasteiger partial charge in [-0.05, 0) is 26.0 Å². The Kier molecular flexibility index (Phi) is 10.0. The third kappa shape index (κ3) is 8.50. The first kappa shape index (κ1) is 22.2. The topological polar surface area (TPSA) is 58.5 Å². The molecule has 0 saturated heterocycles. The first-order valence-electron chi connectivity index (χ1n) is 8.08. The first-order chi connectivity index (χ1) is 12.4. The lowest BCUT2D eigenvalue weighted by Crippen LogP contribution is -2.21. The second-order valence-electron chi connectivity index (χ2n) is 4.96. The molecule has 0 atom stereocenters. The van der Waals surface area contributed by atoms with E-state index in [2.05, 4.69) is 4.99 Å². The van der Waals surface area contributed by atoms with Crippen molar-refractivity contribution in [3.05, 3.63) is 23.8 Å². The zero-order valence-electron chi connectivity index (χ0n) is 15.0. The SMILES string of the molecule is CCOC(C/N=C/c1cccc(OCC(F)(F)F)c1OCOC)OCC. The zero-order chi connectivity index (χ0) is 19.4. The van der Waals surface area contributed by atoms with Gasteiger partial charge in [-0.15, -0.1) is 0 Å². The van der Waals surface area contributed by atoms with Crippen LogP contribution in [0.1, 0.15) is 19.4 Å². The molecule has 0 unspecified atom stereocenters. The molecule has 148 valence electrons. The zero-order valence-corrected chi connectivity index (χ0v) is 15.0. The van der Waals surface area contributed by atoms with Crippen molar-refractivity contribution in [1.29, 1.82) is 0 Å². The molecule has 1 aromatic carbocycles. The Morgan fingerprint density at radius 1 is 1.12 bits per heavy atom. The van der Waals surface area contributed by atoms with Gasteiger partial charge in [0.2, 0.25) is 0 Å². The number of hydrogen-bond donors (Lipinski definition) is 0. The Bertz CT molecular complexity index is 546. The normalized spacial score (nSPS) is 12.1. The van der Waals surface area contributed by atoms with Crippen LogP contribution in [0.2, 0.25) is 0 Å². The van der Waals surface area contributed by atoms with Crippen LogP contribution in [0.3, 0.4) is 0 Å². The van der Waals surface area contributed by atoms with Gasteiger partial charge in [0.1, 0.15) is 0 Å². The van der Waals surface area contributed by atoms with Crippen LogP contribution in [0.4, 0.5) is 13.2 Å². The number of alkyl halides is 3. The number of hydrogen-bond acceptors (Lipinski definition) is 6. The highest BCUT2D eigenvalue weighted by Gasteiger charge is 2.29. The number of halogens is 3. The highest BCUT2D eigenvalue weighted by Crippen LogP contribution is 2.32. The third-order valence-corrected chi connectivity index (χ3v) is 2.91. The molecule has 0 N–H and O–H groups in total. The van der Waals surface area contributed by atoms with Crippen LogP contribution in [0, 0.1) is 0 Å². The van der Waals surface area contributed by atoms with Crippen LogP contribution < -0.4 is 9.47 Å². The van der Waals surface area contributed by atoms with Gasteiger partial charge in [0.25, 0.3) is 0 Å². The lowest BCUT2D eigenvalue weighted by Gasteiger charge is -2.16. The molecule has 0 bridgehead atoms. The number of methoxy groups -OCH3 is 1. The van der Waals surface area contributed by atoms with Crippen molar-refractivity contribution in [1.82, 2.24) is 0 Å². The Morgan fingerprint density at radius 2 is 1.81 bits per heavy atom. The molecule has 9 heteroatoms. The molecule has 0 amide bonds. The first-order valence-corrected chi connectivity index (χ1v) is 8.08. The summed E-state index contributed by atoms with van der Waals surface area (Å²) in [5.74, 6) is 0.0706. The Hall–Kier alpha value is -1.84. The Morgan fingerprint density at radius 3 is 2.38 bits per heavy atom. The van der Waals surface area contributed by atoms with Crippen LogP contribution in [-0.2, 0) is 14.2 Å². The Labute approximate surface area is 150 Å². The van der Waals surface area contributed by atoms with Crippen LogP contribution in [-0.4, -0.2) is 58.9 Å². The molecule has 0 aliphatic heterocycles. The fourth-order valence-corrected chi connectivity index (χ4v) is 1.94. The van der Waals surface area contributed by atoms with E-state index < -0.39 is 19.1 Å². The average molecular weight is 379 g/mol. The molecular formula is C17H24F3NO5. The lowest BCUT2D eigenvalue weighted by atomic mass is 10.2. The van der Waals surface area contributed by atoms with E-state index in [1.165, 1.54) is 19.4 Å². The van der Waals surface area contributed by atoms with Crippen LogP contribution in [0.25, 0.3) is 0 Å². The second kappa shape index (κ2) is 11.7. The van der Waals surface area contributed by atoms with Crippen LogP contribution in [0.15, 0.2) is 23.2 Å². The Balaban J connectivity index is 2.92. The van der Waals surface area contributed by atoms with E-state index in [4.69, 9.17) is 23.7 Å². The van der Waals surface area contributed by atoms with Gasteiger partial charge < -0.3 is 23.7 Å². The van der Waals surface area contributed by atoms with Gasteiger partial charge in [0.15, 0.2) is 31.2 Å². The summed E-state index contributed by atoms with van der Waals surface area (Å²) >= 11 is 0. The minimum Gasteiger partial charge on any atom is -0.480 e. The van der Waals surface area contributed by atoms with Crippen molar-refractivity contribution in [2.45, 2.75) is 26.3 Å². The summed E-state index contributed by atoms with van der Waals surface area (Å²) < 4.78 is 63.0. The quantitative estimate of drug-likeness (QED) is 0.411. The molecule has 6 nitrogen and oxygen atoms in total. The number of ether oxygens (including phenoxy) is 5. The second-order valence-corrected chi connectivity index (χ2v) is 4.96. The molecule has 1 rings (SSSR count). The standard InChI is InChI=1S/C17H24F3NO5/c1-4-23-15(24-5-2)10-21-9-13-7-6-8-14(16(13)26-12-22-3)25-11-17(18,19)20/h6-9,15H,4-5,10-12H2,1-3H3/b21-9+. The number of benzene rings is 1. The fourth-order valence-electron chi connectivity index (χ4n) is 1.94.